The number of hydrogen-bond donors (Lipinski definition) is 2. The third-order valence-corrected chi connectivity index (χ3v) is 4.02. The van der Waals surface area contributed by atoms with Crippen LogP contribution in [-0.2, 0) is 0 Å². The van der Waals surface area contributed by atoms with Crippen molar-refractivity contribution in [3.8, 4) is 0 Å². The van der Waals surface area contributed by atoms with Crippen molar-refractivity contribution in [2.45, 2.75) is 38.1 Å². The highest BCUT2D eigenvalue weighted by molar-refractivity contribution is 6.31. The molecule has 1 unspecified atom stereocenters. The Bertz CT molecular complexity index is 378. The molecular weight excluding hydrogens is 239 g/mol. The third-order valence-electron chi connectivity index (χ3n) is 3.62. The first-order valence-corrected chi connectivity index (χ1v) is 6.52. The van der Waals surface area contributed by atoms with Gasteiger partial charge in [-0.25, -0.2) is 4.39 Å². The summed E-state index contributed by atoms with van der Waals surface area (Å²) in [6, 6.07) is 4.87. The van der Waals surface area contributed by atoms with E-state index in [9.17, 15) is 4.39 Å². The SMILES string of the molecule is NNC(c1cccc(F)c1Cl)C1CCCCC1. The maximum absolute atomic E-state index is 13.4. The van der Waals surface area contributed by atoms with E-state index in [1.165, 1.54) is 25.3 Å². The first-order chi connectivity index (χ1) is 8.24. The van der Waals surface area contributed by atoms with Crippen molar-refractivity contribution in [1.29, 1.82) is 0 Å². The monoisotopic (exact) mass is 256 g/mol. The molecule has 94 valence electrons. The van der Waals surface area contributed by atoms with E-state index < -0.39 is 0 Å². The minimum absolute atomic E-state index is 0.0431. The Balaban J connectivity index is 2.24. The summed E-state index contributed by atoms with van der Waals surface area (Å²) in [5.74, 6) is 5.70. The van der Waals surface area contributed by atoms with Gasteiger partial charge in [-0.15, -0.1) is 0 Å². The molecule has 17 heavy (non-hydrogen) atoms. The van der Waals surface area contributed by atoms with E-state index in [0.717, 1.165) is 18.4 Å². The van der Waals surface area contributed by atoms with Crippen LogP contribution in [-0.4, -0.2) is 0 Å². The minimum atomic E-state index is -0.375. The molecule has 1 aliphatic carbocycles. The average Bonchev–Trinajstić information content (AvgIpc) is 2.37. The van der Waals surface area contributed by atoms with Gasteiger partial charge in [0.1, 0.15) is 5.82 Å². The van der Waals surface area contributed by atoms with Gasteiger partial charge in [0.05, 0.1) is 11.1 Å². The number of nitrogens with two attached hydrogens (primary N) is 1. The van der Waals surface area contributed by atoms with Gasteiger partial charge >= 0.3 is 0 Å². The zero-order chi connectivity index (χ0) is 12.3. The maximum Gasteiger partial charge on any atom is 0.142 e. The van der Waals surface area contributed by atoms with E-state index in [1.807, 2.05) is 6.07 Å². The second kappa shape index (κ2) is 5.80. The smallest absolute Gasteiger partial charge is 0.142 e. The molecule has 1 aromatic rings. The van der Waals surface area contributed by atoms with Crippen molar-refractivity contribution < 1.29 is 4.39 Å². The van der Waals surface area contributed by atoms with Gasteiger partial charge in [-0.1, -0.05) is 43.0 Å². The van der Waals surface area contributed by atoms with Crippen LogP contribution in [0, 0.1) is 11.7 Å². The number of hydrogen-bond acceptors (Lipinski definition) is 2. The van der Waals surface area contributed by atoms with Crippen LogP contribution in [0.15, 0.2) is 18.2 Å². The van der Waals surface area contributed by atoms with Gasteiger partial charge in [-0.05, 0) is 30.4 Å². The number of benzene rings is 1. The second-order valence-electron chi connectivity index (χ2n) is 4.69. The third kappa shape index (κ3) is 2.79. The van der Waals surface area contributed by atoms with Gasteiger partial charge in [0, 0.05) is 0 Å². The van der Waals surface area contributed by atoms with E-state index >= 15 is 0 Å². The zero-order valence-electron chi connectivity index (χ0n) is 9.76. The second-order valence-corrected chi connectivity index (χ2v) is 5.06. The lowest BCUT2D eigenvalue weighted by Gasteiger charge is -2.30. The van der Waals surface area contributed by atoms with Crippen molar-refractivity contribution in [1.82, 2.24) is 5.43 Å². The van der Waals surface area contributed by atoms with Crippen molar-refractivity contribution in [2.75, 3.05) is 0 Å². The Morgan fingerprint density at radius 1 is 1.29 bits per heavy atom. The van der Waals surface area contributed by atoms with Gasteiger partial charge in [0.15, 0.2) is 0 Å². The van der Waals surface area contributed by atoms with Gasteiger partial charge in [0.2, 0.25) is 0 Å². The summed E-state index contributed by atoms with van der Waals surface area (Å²) in [7, 11) is 0. The summed E-state index contributed by atoms with van der Waals surface area (Å²) in [5.41, 5.74) is 3.58. The lowest BCUT2D eigenvalue weighted by atomic mass is 9.81. The Morgan fingerprint density at radius 3 is 2.65 bits per heavy atom. The Labute approximate surface area is 106 Å². The summed E-state index contributed by atoms with van der Waals surface area (Å²) in [4.78, 5) is 0. The summed E-state index contributed by atoms with van der Waals surface area (Å²) >= 11 is 6.02. The molecule has 1 atom stereocenters. The van der Waals surface area contributed by atoms with Crippen molar-refractivity contribution in [3.63, 3.8) is 0 Å². The van der Waals surface area contributed by atoms with Crippen molar-refractivity contribution in [2.24, 2.45) is 11.8 Å². The highest BCUT2D eigenvalue weighted by Crippen LogP contribution is 2.37. The van der Waals surface area contributed by atoms with Crippen LogP contribution >= 0.6 is 11.6 Å². The Hall–Kier alpha value is -0.640. The van der Waals surface area contributed by atoms with Gasteiger partial charge in [0.25, 0.3) is 0 Å². The van der Waals surface area contributed by atoms with Crippen molar-refractivity contribution in [3.05, 3.63) is 34.6 Å². The largest absolute Gasteiger partial charge is 0.271 e. The van der Waals surface area contributed by atoms with E-state index in [4.69, 9.17) is 17.4 Å². The van der Waals surface area contributed by atoms with Gasteiger partial charge < -0.3 is 0 Å². The van der Waals surface area contributed by atoms with Crippen molar-refractivity contribution >= 4 is 11.6 Å². The summed E-state index contributed by atoms with van der Waals surface area (Å²) in [6.45, 7) is 0. The van der Waals surface area contributed by atoms with Crippen LogP contribution in [0.25, 0.3) is 0 Å². The molecule has 0 aliphatic heterocycles. The molecule has 0 saturated heterocycles. The lowest BCUT2D eigenvalue weighted by molar-refractivity contribution is 0.273. The molecule has 1 fully saturated rings. The fourth-order valence-corrected chi connectivity index (χ4v) is 2.95. The molecule has 2 rings (SSSR count). The lowest BCUT2D eigenvalue weighted by Crippen LogP contribution is -2.34. The van der Waals surface area contributed by atoms with Crippen LogP contribution < -0.4 is 11.3 Å². The highest BCUT2D eigenvalue weighted by Gasteiger charge is 2.26. The fraction of sp³-hybridized carbons (Fsp3) is 0.538. The summed E-state index contributed by atoms with van der Waals surface area (Å²) < 4.78 is 13.4. The maximum atomic E-state index is 13.4. The van der Waals surface area contributed by atoms with Crippen LogP contribution in [0.5, 0.6) is 0 Å². The van der Waals surface area contributed by atoms with E-state index in [1.54, 1.807) is 6.07 Å². The normalized spacial score (nSPS) is 19.2. The molecule has 0 bridgehead atoms. The molecule has 3 N–H and O–H groups in total. The Morgan fingerprint density at radius 2 is 2.00 bits per heavy atom. The predicted octanol–water partition coefficient (Wildman–Crippen LogP) is 3.56. The average molecular weight is 257 g/mol. The minimum Gasteiger partial charge on any atom is -0.271 e. The van der Waals surface area contributed by atoms with E-state index in [0.29, 0.717) is 5.92 Å². The quantitative estimate of drug-likeness (QED) is 0.641. The van der Waals surface area contributed by atoms with E-state index in [2.05, 4.69) is 5.43 Å². The molecular formula is C13H18ClFN2. The molecule has 0 heterocycles. The highest BCUT2D eigenvalue weighted by atomic mass is 35.5. The molecule has 0 amide bonds. The molecule has 1 saturated carbocycles. The molecule has 0 radical (unpaired) electrons. The molecule has 1 aromatic carbocycles. The molecule has 2 nitrogen and oxygen atoms in total. The number of rotatable bonds is 3. The van der Waals surface area contributed by atoms with Gasteiger partial charge in [-0.2, -0.15) is 0 Å². The number of hydrazine groups is 1. The predicted molar refractivity (Wildman–Crippen MR) is 68.0 cm³/mol. The molecule has 0 aromatic heterocycles. The molecule has 0 spiro atoms. The standard InChI is InChI=1S/C13H18ClFN2/c14-12-10(7-4-8-11(12)15)13(17-16)9-5-2-1-3-6-9/h4,7-9,13,17H,1-3,5-6,16H2. The molecule has 4 heteroatoms. The van der Waals surface area contributed by atoms with Crippen LogP contribution in [0.4, 0.5) is 4.39 Å². The first kappa shape index (κ1) is 12.8. The Kier molecular flexibility index (Phi) is 4.37. The van der Waals surface area contributed by atoms with Gasteiger partial charge in [-0.3, -0.25) is 11.3 Å². The number of nitrogens with one attached hydrogen (secondary N) is 1. The van der Waals surface area contributed by atoms with Crippen LogP contribution in [0.3, 0.4) is 0 Å². The van der Waals surface area contributed by atoms with Crippen LogP contribution in [0.2, 0.25) is 5.02 Å². The van der Waals surface area contributed by atoms with Crippen LogP contribution in [0.1, 0.15) is 43.7 Å². The first-order valence-electron chi connectivity index (χ1n) is 6.14. The topological polar surface area (TPSA) is 38.0 Å². The van der Waals surface area contributed by atoms with E-state index in [-0.39, 0.29) is 16.9 Å². The molecule has 1 aliphatic rings. The summed E-state index contributed by atoms with van der Waals surface area (Å²) in [5, 5.41) is 0.195. The zero-order valence-corrected chi connectivity index (χ0v) is 10.5. The summed E-state index contributed by atoms with van der Waals surface area (Å²) in [6.07, 6.45) is 5.97. The fourth-order valence-electron chi connectivity index (χ4n) is 2.71. The number of halogens is 2.